The van der Waals surface area contributed by atoms with E-state index in [0.29, 0.717) is 17.1 Å². The van der Waals surface area contributed by atoms with Crippen molar-refractivity contribution in [3.05, 3.63) is 18.2 Å². The van der Waals surface area contributed by atoms with Gasteiger partial charge in [0, 0.05) is 13.1 Å². The molecule has 6 heteroatoms. The lowest BCUT2D eigenvalue weighted by molar-refractivity contribution is -0.145. The van der Waals surface area contributed by atoms with Gasteiger partial charge in [-0.1, -0.05) is 0 Å². The second kappa shape index (κ2) is 6.63. The summed E-state index contributed by atoms with van der Waals surface area (Å²) in [6, 6.07) is 4.98. The van der Waals surface area contributed by atoms with Crippen LogP contribution >= 0.6 is 0 Å². The van der Waals surface area contributed by atoms with Crippen LogP contribution in [-0.2, 0) is 14.3 Å². The largest absolute Gasteiger partial charge is 0.497 e. The van der Waals surface area contributed by atoms with Gasteiger partial charge in [-0.2, -0.15) is 0 Å². The molecule has 0 aliphatic heterocycles. The second-order valence-corrected chi connectivity index (χ2v) is 3.86. The molecule has 0 saturated heterocycles. The standard InChI is InChI=1S/C13H18N2O4/c1-4-19-13(17)8-12(16)15(2)11-7-9(18-3)5-6-10(11)14/h5-7H,4,8,14H2,1-3H3. The van der Waals surface area contributed by atoms with E-state index in [-0.39, 0.29) is 13.0 Å². The van der Waals surface area contributed by atoms with Crippen molar-refractivity contribution < 1.29 is 19.1 Å². The van der Waals surface area contributed by atoms with E-state index in [1.807, 2.05) is 0 Å². The monoisotopic (exact) mass is 266 g/mol. The maximum absolute atomic E-state index is 11.9. The number of hydrogen-bond donors (Lipinski definition) is 1. The minimum Gasteiger partial charge on any atom is -0.497 e. The predicted octanol–water partition coefficient (Wildman–Crippen LogP) is 1.19. The number of carbonyl (C=O) groups excluding carboxylic acids is 2. The molecule has 1 aromatic carbocycles. The van der Waals surface area contributed by atoms with Crippen LogP contribution < -0.4 is 15.4 Å². The lowest BCUT2D eigenvalue weighted by Gasteiger charge is -2.19. The quantitative estimate of drug-likeness (QED) is 0.492. The molecular formula is C13H18N2O4. The maximum atomic E-state index is 11.9. The van der Waals surface area contributed by atoms with E-state index in [1.165, 1.54) is 12.0 Å². The molecule has 1 aromatic rings. The third-order valence-corrected chi connectivity index (χ3v) is 2.57. The summed E-state index contributed by atoms with van der Waals surface area (Å²) in [4.78, 5) is 24.5. The summed E-state index contributed by atoms with van der Waals surface area (Å²) in [5, 5.41) is 0. The molecule has 0 atom stereocenters. The van der Waals surface area contributed by atoms with Crippen molar-refractivity contribution in [1.29, 1.82) is 0 Å². The van der Waals surface area contributed by atoms with E-state index in [9.17, 15) is 9.59 Å². The zero-order chi connectivity index (χ0) is 14.4. The fourth-order valence-electron chi connectivity index (χ4n) is 1.53. The number of ether oxygens (including phenoxy) is 2. The first-order chi connectivity index (χ1) is 8.99. The Morgan fingerprint density at radius 1 is 1.37 bits per heavy atom. The molecule has 0 fully saturated rings. The van der Waals surface area contributed by atoms with Crippen LogP contribution in [0.1, 0.15) is 13.3 Å². The Morgan fingerprint density at radius 2 is 2.05 bits per heavy atom. The average Bonchev–Trinajstić information content (AvgIpc) is 2.38. The molecule has 6 nitrogen and oxygen atoms in total. The van der Waals surface area contributed by atoms with Crippen LogP contribution in [0.15, 0.2) is 18.2 Å². The lowest BCUT2D eigenvalue weighted by atomic mass is 10.2. The molecule has 0 unspecified atom stereocenters. The molecule has 104 valence electrons. The molecule has 0 heterocycles. The number of nitrogens with two attached hydrogens (primary N) is 1. The first kappa shape index (κ1) is 14.8. The summed E-state index contributed by atoms with van der Waals surface area (Å²) in [6.07, 6.45) is -0.318. The number of carbonyl (C=O) groups is 2. The topological polar surface area (TPSA) is 81.9 Å². The van der Waals surface area contributed by atoms with Gasteiger partial charge in [-0.15, -0.1) is 0 Å². The van der Waals surface area contributed by atoms with Gasteiger partial charge in [-0.3, -0.25) is 9.59 Å². The number of nitrogen functional groups attached to an aromatic ring is 1. The summed E-state index contributed by atoms with van der Waals surface area (Å²) in [6.45, 7) is 1.93. The van der Waals surface area contributed by atoms with Gasteiger partial charge >= 0.3 is 5.97 Å². The Labute approximate surface area is 112 Å². The van der Waals surface area contributed by atoms with Crippen LogP contribution in [0.25, 0.3) is 0 Å². The number of nitrogens with zero attached hydrogens (tertiary/aromatic N) is 1. The zero-order valence-corrected chi connectivity index (χ0v) is 11.3. The van der Waals surface area contributed by atoms with Crippen molar-refractivity contribution in [2.75, 3.05) is 31.4 Å². The van der Waals surface area contributed by atoms with Gasteiger partial charge in [0.15, 0.2) is 0 Å². The Bertz CT molecular complexity index is 474. The zero-order valence-electron chi connectivity index (χ0n) is 11.3. The molecule has 1 rings (SSSR count). The molecular weight excluding hydrogens is 248 g/mol. The number of hydrogen-bond acceptors (Lipinski definition) is 5. The number of amides is 1. The number of esters is 1. The average molecular weight is 266 g/mol. The lowest BCUT2D eigenvalue weighted by Crippen LogP contribution is -2.29. The van der Waals surface area contributed by atoms with E-state index < -0.39 is 11.9 Å². The van der Waals surface area contributed by atoms with Gasteiger partial charge in [0.2, 0.25) is 5.91 Å². The number of methoxy groups -OCH3 is 1. The molecule has 0 aromatic heterocycles. The predicted molar refractivity (Wildman–Crippen MR) is 72.1 cm³/mol. The number of rotatable bonds is 5. The first-order valence-electron chi connectivity index (χ1n) is 5.85. The van der Waals surface area contributed by atoms with Gasteiger partial charge in [0.1, 0.15) is 12.2 Å². The van der Waals surface area contributed by atoms with Crippen molar-refractivity contribution in [1.82, 2.24) is 0 Å². The van der Waals surface area contributed by atoms with Crippen LogP contribution in [0.2, 0.25) is 0 Å². The van der Waals surface area contributed by atoms with Crippen LogP contribution in [0.3, 0.4) is 0 Å². The van der Waals surface area contributed by atoms with Gasteiger partial charge in [0.05, 0.1) is 25.1 Å². The Balaban J connectivity index is 2.84. The van der Waals surface area contributed by atoms with Crippen molar-refractivity contribution in [3.8, 4) is 5.75 Å². The van der Waals surface area contributed by atoms with Gasteiger partial charge in [-0.05, 0) is 19.1 Å². The van der Waals surface area contributed by atoms with Crippen molar-refractivity contribution >= 4 is 23.3 Å². The summed E-state index contributed by atoms with van der Waals surface area (Å²) in [7, 11) is 3.07. The molecule has 1 amide bonds. The third-order valence-electron chi connectivity index (χ3n) is 2.57. The molecule has 0 bridgehead atoms. The van der Waals surface area contributed by atoms with Crippen molar-refractivity contribution in [2.45, 2.75) is 13.3 Å². The Morgan fingerprint density at radius 3 is 2.63 bits per heavy atom. The highest BCUT2D eigenvalue weighted by atomic mass is 16.5. The fraction of sp³-hybridized carbons (Fsp3) is 0.385. The molecule has 0 aliphatic carbocycles. The van der Waals surface area contributed by atoms with E-state index in [4.69, 9.17) is 15.2 Å². The van der Waals surface area contributed by atoms with E-state index >= 15 is 0 Å². The second-order valence-electron chi connectivity index (χ2n) is 3.86. The third kappa shape index (κ3) is 3.87. The minimum absolute atomic E-state index is 0.247. The van der Waals surface area contributed by atoms with Crippen molar-refractivity contribution in [3.63, 3.8) is 0 Å². The molecule has 0 aliphatic rings. The van der Waals surface area contributed by atoms with Crippen LogP contribution in [0.5, 0.6) is 5.75 Å². The molecule has 0 saturated carbocycles. The highest BCUT2D eigenvalue weighted by Crippen LogP contribution is 2.27. The number of benzene rings is 1. The Kier molecular flexibility index (Phi) is 5.17. The summed E-state index contributed by atoms with van der Waals surface area (Å²) < 4.78 is 9.81. The maximum Gasteiger partial charge on any atom is 0.315 e. The van der Waals surface area contributed by atoms with Crippen LogP contribution in [0.4, 0.5) is 11.4 Å². The highest BCUT2D eigenvalue weighted by Gasteiger charge is 2.18. The molecule has 2 N–H and O–H groups in total. The van der Waals surface area contributed by atoms with Gasteiger partial charge < -0.3 is 20.1 Å². The summed E-state index contributed by atoms with van der Waals surface area (Å²) in [5.41, 5.74) is 6.73. The fourth-order valence-corrected chi connectivity index (χ4v) is 1.53. The first-order valence-corrected chi connectivity index (χ1v) is 5.85. The SMILES string of the molecule is CCOC(=O)CC(=O)N(C)c1cc(OC)ccc1N. The van der Waals surface area contributed by atoms with Gasteiger partial charge in [-0.25, -0.2) is 0 Å². The van der Waals surface area contributed by atoms with E-state index in [2.05, 4.69) is 0 Å². The summed E-state index contributed by atoms with van der Waals surface area (Å²) >= 11 is 0. The summed E-state index contributed by atoms with van der Waals surface area (Å²) in [5.74, 6) is -0.362. The van der Waals surface area contributed by atoms with Crippen molar-refractivity contribution in [2.24, 2.45) is 0 Å². The highest BCUT2D eigenvalue weighted by molar-refractivity contribution is 6.04. The van der Waals surface area contributed by atoms with Gasteiger partial charge in [0.25, 0.3) is 0 Å². The van der Waals surface area contributed by atoms with E-state index in [0.717, 1.165) is 0 Å². The smallest absolute Gasteiger partial charge is 0.315 e. The Hall–Kier alpha value is -2.24. The normalized spacial score (nSPS) is 9.84. The molecule has 19 heavy (non-hydrogen) atoms. The van der Waals surface area contributed by atoms with Crippen LogP contribution in [-0.4, -0.2) is 32.6 Å². The number of anilines is 2. The van der Waals surface area contributed by atoms with E-state index in [1.54, 1.807) is 32.2 Å². The van der Waals surface area contributed by atoms with Crippen LogP contribution in [0, 0.1) is 0 Å². The molecule has 0 spiro atoms. The molecule has 0 radical (unpaired) electrons. The minimum atomic E-state index is -0.555.